The average molecular weight is 133 g/mol. The van der Waals surface area contributed by atoms with Gasteiger partial charge in [-0.1, -0.05) is 6.92 Å². The highest BCUT2D eigenvalue weighted by atomic mass is 16.7. The highest BCUT2D eigenvalue weighted by molar-refractivity contribution is 4.27. The van der Waals surface area contributed by atoms with E-state index in [4.69, 9.17) is 4.74 Å². The lowest BCUT2D eigenvalue weighted by molar-refractivity contribution is 0.0490. The summed E-state index contributed by atoms with van der Waals surface area (Å²) >= 11 is 0. The lowest BCUT2D eigenvalue weighted by atomic mass is 10.5. The van der Waals surface area contributed by atoms with Gasteiger partial charge in [0.1, 0.15) is 6.61 Å². The summed E-state index contributed by atoms with van der Waals surface area (Å²) in [4.78, 5) is 13.4. The van der Waals surface area contributed by atoms with Crippen LogP contribution in [-0.2, 0) is 9.57 Å². The Hall–Kier alpha value is -0.640. The first kappa shape index (κ1) is 8.36. The van der Waals surface area contributed by atoms with Gasteiger partial charge in [0.25, 0.3) is 0 Å². The molecule has 0 saturated carbocycles. The van der Waals surface area contributed by atoms with Crippen molar-refractivity contribution >= 4 is 0 Å². The van der Waals surface area contributed by atoms with Crippen molar-refractivity contribution in [3.63, 3.8) is 0 Å². The van der Waals surface area contributed by atoms with E-state index in [9.17, 15) is 4.91 Å². The second-order valence-corrected chi connectivity index (χ2v) is 1.52. The summed E-state index contributed by atoms with van der Waals surface area (Å²) in [6.07, 6.45) is 0.981. The Bertz CT molecular complexity index is 67.2. The Labute approximate surface area is 54.1 Å². The van der Waals surface area contributed by atoms with Gasteiger partial charge >= 0.3 is 0 Å². The highest BCUT2D eigenvalue weighted by Gasteiger charge is 1.85. The zero-order valence-electron chi connectivity index (χ0n) is 5.50. The molecule has 0 radical (unpaired) electrons. The molecular weight excluding hydrogens is 122 g/mol. The van der Waals surface area contributed by atoms with Crippen LogP contribution in [0.15, 0.2) is 5.34 Å². The molecule has 0 aromatic heterocycles. The molecule has 0 atom stereocenters. The molecule has 0 aromatic carbocycles. The molecule has 0 aliphatic carbocycles. The summed E-state index contributed by atoms with van der Waals surface area (Å²) in [6, 6.07) is 0. The van der Waals surface area contributed by atoms with Crippen molar-refractivity contribution < 1.29 is 9.57 Å². The lowest BCUT2D eigenvalue weighted by Crippen LogP contribution is -2.01. The van der Waals surface area contributed by atoms with Gasteiger partial charge in [0.2, 0.25) is 0 Å². The van der Waals surface area contributed by atoms with Gasteiger partial charge in [-0.05, 0) is 6.42 Å². The average Bonchev–Trinajstić information content (AvgIpc) is 1.89. The van der Waals surface area contributed by atoms with Gasteiger partial charge in [-0.3, -0.25) is 0 Å². The van der Waals surface area contributed by atoms with Crippen molar-refractivity contribution in [2.24, 2.45) is 5.34 Å². The van der Waals surface area contributed by atoms with Crippen LogP contribution in [-0.4, -0.2) is 19.8 Å². The van der Waals surface area contributed by atoms with Crippen LogP contribution in [0.25, 0.3) is 0 Å². The van der Waals surface area contributed by atoms with E-state index < -0.39 is 0 Å². The molecule has 0 heterocycles. The van der Waals surface area contributed by atoms with Crippen molar-refractivity contribution in [1.29, 1.82) is 0 Å². The van der Waals surface area contributed by atoms with Crippen molar-refractivity contribution in [3.05, 3.63) is 4.91 Å². The summed E-state index contributed by atoms with van der Waals surface area (Å²) in [7, 11) is 0. The Morgan fingerprint density at radius 1 is 1.33 bits per heavy atom. The molecule has 4 nitrogen and oxygen atoms in total. The van der Waals surface area contributed by atoms with Crippen molar-refractivity contribution in [2.75, 3.05) is 19.8 Å². The van der Waals surface area contributed by atoms with Crippen LogP contribution in [0.5, 0.6) is 0 Å². The first-order chi connectivity index (χ1) is 4.41. The Kier molecular flexibility index (Phi) is 6.84. The van der Waals surface area contributed by atoms with E-state index in [1.165, 1.54) is 0 Å². The monoisotopic (exact) mass is 133 g/mol. The Morgan fingerprint density at radius 3 is 2.67 bits per heavy atom. The third-order valence-electron chi connectivity index (χ3n) is 0.720. The topological polar surface area (TPSA) is 47.9 Å². The molecule has 0 fully saturated rings. The Morgan fingerprint density at radius 2 is 2.11 bits per heavy atom. The second kappa shape index (κ2) is 7.36. The second-order valence-electron chi connectivity index (χ2n) is 1.52. The largest absolute Gasteiger partial charge is 0.378 e. The number of rotatable bonds is 6. The third kappa shape index (κ3) is 7.36. The highest BCUT2D eigenvalue weighted by Crippen LogP contribution is 1.80. The zero-order valence-corrected chi connectivity index (χ0v) is 5.50. The van der Waals surface area contributed by atoms with Gasteiger partial charge < -0.3 is 9.57 Å². The number of nitrogens with zero attached hydrogens (tertiary/aromatic N) is 1. The maximum Gasteiger partial charge on any atom is 0.155 e. The van der Waals surface area contributed by atoms with Crippen LogP contribution >= 0.6 is 0 Å². The predicted octanol–water partition coefficient (Wildman–Crippen LogP) is 1.11. The smallest absolute Gasteiger partial charge is 0.155 e. The SMILES string of the molecule is CCCOCCON=O. The normalized spacial score (nSPS) is 9.00. The summed E-state index contributed by atoms with van der Waals surface area (Å²) in [5.74, 6) is 0. The molecule has 54 valence electrons. The molecule has 0 spiro atoms. The van der Waals surface area contributed by atoms with E-state index in [1.807, 2.05) is 6.92 Å². The number of hydrogen-bond acceptors (Lipinski definition) is 4. The molecular formula is C5H11NO3. The summed E-state index contributed by atoms with van der Waals surface area (Å²) in [6.45, 7) is 3.42. The van der Waals surface area contributed by atoms with Gasteiger partial charge in [-0.2, -0.15) is 0 Å². The minimum atomic E-state index is 0.253. The van der Waals surface area contributed by atoms with E-state index in [2.05, 4.69) is 10.2 Å². The van der Waals surface area contributed by atoms with Crippen LogP contribution in [0, 0.1) is 4.91 Å². The van der Waals surface area contributed by atoms with Gasteiger partial charge in [0.05, 0.1) is 6.61 Å². The van der Waals surface area contributed by atoms with E-state index in [0.717, 1.165) is 6.42 Å². The molecule has 0 aliphatic rings. The summed E-state index contributed by atoms with van der Waals surface area (Å²) in [5.41, 5.74) is 0. The van der Waals surface area contributed by atoms with Crippen LogP contribution in [0.4, 0.5) is 0 Å². The lowest BCUT2D eigenvalue weighted by Gasteiger charge is -1.97. The molecule has 0 rings (SSSR count). The van der Waals surface area contributed by atoms with Crippen LogP contribution in [0.3, 0.4) is 0 Å². The Balaban J connectivity index is 2.66. The first-order valence-electron chi connectivity index (χ1n) is 2.94. The fourth-order valence-electron chi connectivity index (χ4n) is 0.380. The molecule has 0 amide bonds. The van der Waals surface area contributed by atoms with Crippen LogP contribution in [0.1, 0.15) is 13.3 Å². The van der Waals surface area contributed by atoms with Gasteiger partial charge in [-0.15, -0.1) is 4.91 Å². The molecule has 4 heteroatoms. The third-order valence-corrected chi connectivity index (χ3v) is 0.720. The summed E-state index contributed by atoms with van der Waals surface area (Å²) < 4.78 is 4.96. The van der Waals surface area contributed by atoms with Gasteiger partial charge in [0, 0.05) is 6.61 Å². The van der Waals surface area contributed by atoms with E-state index in [1.54, 1.807) is 0 Å². The van der Waals surface area contributed by atoms with E-state index in [-0.39, 0.29) is 6.61 Å². The van der Waals surface area contributed by atoms with Crippen molar-refractivity contribution in [2.45, 2.75) is 13.3 Å². The zero-order chi connectivity index (χ0) is 6.95. The van der Waals surface area contributed by atoms with E-state index in [0.29, 0.717) is 13.2 Å². The molecule has 0 N–H and O–H groups in total. The fourth-order valence-corrected chi connectivity index (χ4v) is 0.380. The number of hydrogen-bond donors (Lipinski definition) is 0. The van der Waals surface area contributed by atoms with Crippen molar-refractivity contribution in [3.8, 4) is 0 Å². The van der Waals surface area contributed by atoms with Gasteiger partial charge in [0.15, 0.2) is 5.34 Å². The molecule has 0 aliphatic heterocycles. The minimum Gasteiger partial charge on any atom is -0.378 e. The molecule has 0 bridgehead atoms. The summed E-state index contributed by atoms with van der Waals surface area (Å²) in [5, 5.41) is 2.20. The predicted molar refractivity (Wildman–Crippen MR) is 32.9 cm³/mol. The number of ether oxygens (including phenoxy) is 1. The fraction of sp³-hybridized carbons (Fsp3) is 1.00. The molecule has 0 aromatic rings. The van der Waals surface area contributed by atoms with E-state index >= 15 is 0 Å². The van der Waals surface area contributed by atoms with Crippen LogP contribution < -0.4 is 0 Å². The maximum absolute atomic E-state index is 9.31. The van der Waals surface area contributed by atoms with Gasteiger partial charge in [-0.25, -0.2) is 0 Å². The molecule has 9 heavy (non-hydrogen) atoms. The van der Waals surface area contributed by atoms with Crippen LogP contribution in [0.2, 0.25) is 0 Å². The molecule has 0 saturated heterocycles. The standard InChI is InChI=1S/C5H11NO3/c1-2-3-8-4-5-9-6-7/h2-5H2,1H3. The first-order valence-corrected chi connectivity index (χ1v) is 2.94. The molecule has 0 unspecified atom stereocenters. The maximum atomic E-state index is 9.31. The minimum absolute atomic E-state index is 0.253. The quantitative estimate of drug-likeness (QED) is 0.310. The van der Waals surface area contributed by atoms with Crippen molar-refractivity contribution in [1.82, 2.24) is 0 Å².